The average molecular weight is 649 g/mol. The van der Waals surface area contributed by atoms with E-state index in [1.54, 1.807) is 36.7 Å². The summed E-state index contributed by atoms with van der Waals surface area (Å²) in [6.07, 6.45) is 24.1. The van der Waals surface area contributed by atoms with Crippen molar-refractivity contribution in [3.05, 3.63) is 82.4 Å². The van der Waals surface area contributed by atoms with Gasteiger partial charge in [0.1, 0.15) is 22.9 Å². The monoisotopic (exact) mass is 648 g/mol. The van der Waals surface area contributed by atoms with E-state index >= 15 is 0 Å². The van der Waals surface area contributed by atoms with Gasteiger partial charge in [-0.05, 0) is 37.1 Å². The van der Waals surface area contributed by atoms with Gasteiger partial charge in [0.25, 0.3) is 0 Å². The zero-order chi connectivity index (χ0) is 34.1. The van der Waals surface area contributed by atoms with E-state index in [9.17, 15) is 9.59 Å². The van der Waals surface area contributed by atoms with E-state index in [-0.39, 0.29) is 0 Å². The second-order valence-electron chi connectivity index (χ2n) is 12.2. The summed E-state index contributed by atoms with van der Waals surface area (Å²) in [7, 11) is 0. The number of aromatic nitrogens is 2. The predicted octanol–water partition coefficient (Wildman–Crippen LogP) is 9.94. The van der Waals surface area contributed by atoms with Crippen LogP contribution in [-0.2, 0) is 0 Å². The van der Waals surface area contributed by atoms with E-state index in [0.29, 0.717) is 58.4 Å². The fourth-order valence-corrected chi connectivity index (χ4v) is 5.21. The van der Waals surface area contributed by atoms with Gasteiger partial charge < -0.3 is 9.47 Å². The van der Waals surface area contributed by atoms with Crippen LogP contribution in [0.1, 0.15) is 160 Å². The molecule has 0 amide bonds. The van der Waals surface area contributed by atoms with Crippen molar-refractivity contribution in [3.8, 4) is 35.2 Å². The fourth-order valence-electron chi connectivity index (χ4n) is 5.21. The van der Waals surface area contributed by atoms with Crippen molar-refractivity contribution >= 4 is 12.6 Å². The van der Waals surface area contributed by atoms with Gasteiger partial charge in [-0.3, -0.25) is 19.6 Å². The van der Waals surface area contributed by atoms with Crippen LogP contribution in [0.3, 0.4) is 0 Å². The van der Waals surface area contributed by atoms with Crippen molar-refractivity contribution < 1.29 is 19.1 Å². The quantitative estimate of drug-likeness (QED) is 0.0613. The van der Waals surface area contributed by atoms with Crippen LogP contribution >= 0.6 is 0 Å². The molecule has 0 spiro atoms. The lowest BCUT2D eigenvalue weighted by molar-refractivity contribution is 0.111. The third kappa shape index (κ3) is 15.0. The summed E-state index contributed by atoms with van der Waals surface area (Å²) in [5.74, 6) is 14.2. The molecule has 0 bridgehead atoms. The number of aldehydes is 2. The zero-order valence-electron chi connectivity index (χ0n) is 29.0. The van der Waals surface area contributed by atoms with Crippen molar-refractivity contribution in [1.29, 1.82) is 0 Å². The van der Waals surface area contributed by atoms with E-state index in [4.69, 9.17) is 9.47 Å². The molecule has 3 aromatic rings. The number of nitrogens with zero attached hydrogens (tertiary/aromatic N) is 2. The molecule has 0 aliphatic rings. The normalized spacial score (nSPS) is 10.4. The molecule has 0 fully saturated rings. The first-order valence-corrected chi connectivity index (χ1v) is 18.0. The summed E-state index contributed by atoms with van der Waals surface area (Å²) in [5.41, 5.74) is 3.55. The topological polar surface area (TPSA) is 78.4 Å². The van der Waals surface area contributed by atoms with Crippen LogP contribution < -0.4 is 9.47 Å². The van der Waals surface area contributed by atoms with E-state index in [2.05, 4.69) is 47.5 Å². The molecule has 0 aliphatic heterocycles. The minimum Gasteiger partial charge on any atom is -0.492 e. The Kier molecular flexibility index (Phi) is 18.9. The van der Waals surface area contributed by atoms with Crippen LogP contribution in [-0.4, -0.2) is 35.8 Å². The first-order valence-electron chi connectivity index (χ1n) is 18.0. The highest BCUT2D eigenvalue weighted by Gasteiger charge is 2.11. The van der Waals surface area contributed by atoms with Crippen molar-refractivity contribution in [3.63, 3.8) is 0 Å². The van der Waals surface area contributed by atoms with Gasteiger partial charge in [0.05, 0.1) is 24.3 Å². The van der Waals surface area contributed by atoms with Crippen LogP contribution in [0.15, 0.2) is 48.8 Å². The maximum absolute atomic E-state index is 11.0. The van der Waals surface area contributed by atoms with Gasteiger partial charge in [0.15, 0.2) is 12.6 Å². The minimum atomic E-state index is 0.366. The van der Waals surface area contributed by atoms with Crippen molar-refractivity contribution in [1.82, 2.24) is 9.97 Å². The molecule has 0 N–H and O–H groups in total. The molecule has 1 aromatic carbocycles. The van der Waals surface area contributed by atoms with Gasteiger partial charge in [0.2, 0.25) is 0 Å². The Hall–Kier alpha value is -4.42. The van der Waals surface area contributed by atoms with Gasteiger partial charge in [-0.25, -0.2) is 0 Å². The van der Waals surface area contributed by atoms with E-state index in [0.717, 1.165) is 38.3 Å². The molecule has 0 saturated heterocycles. The molecule has 0 saturated carbocycles. The van der Waals surface area contributed by atoms with Gasteiger partial charge in [-0.2, -0.15) is 0 Å². The van der Waals surface area contributed by atoms with Crippen LogP contribution in [0.25, 0.3) is 0 Å². The number of pyridine rings is 2. The van der Waals surface area contributed by atoms with Crippen molar-refractivity contribution in [2.24, 2.45) is 0 Å². The third-order valence-corrected chi connectivity index (χ3v) is 8.09. The Bertz CT molecular complexity index is 1380. The van der Waals surface area contributed by atoms with E-state index < -0.39 is 0 Å². The summed E-state index contributed by atoms with van der Waals surface area (Å²) >= 11 is 0. The molecule has 2 heterocycles. The molecule has 0 aliphatic carbocycles. The highest BCUT2D eigenvalue weighted by atomic mass is 16.5. The summed E-state index contributed by atoms with van der Waals surface area (Å²) in [6.45, 7) is 5.65. The first kappa shape index (κ1) is 38.0. The molecule has 3 rings (SSSR count). The molecule has 6 nitrogen and oxygen atoms in total. The Balaban J connectivity index is 1.81. The van der Waals surface area contributed by atoms with E-state index in [1.165, 1.54) is 77.0 Å². The second kappa shape index (κ2) is 23.8. The Labute approximate surface area is 288 Å². The third-order valence-electron chi connectivity index (χ3n) is 8.09. The van der Waals surface area contributed by atoms with Crippen LogP contribution in [0.5, 0.6) is 11.5 Å². The van der Waals surface area contributed by atoms with Crippen molar-refractivity contribution in [2.75, 3.05) is 13.2 Å². The number of carbonyl (C=O) groups is 2. The molecule has 0 radical (unpaired) electrons. The van der Waals surface area contributed by atoms with E-state index in [1.807, 2.05) is 12.1 Å². The number of hydrogen-bond donors (Lipinski definition) is 0. The lowest BCUT2D eigenvalue weighted by Crippen LogP contribution is -2.03. The SMILES string of the molecule is CCCCCCCCCCOc1cc(C#Cc2ccc(C=O)nc2)c(OCCCCCCCCCC)cc1C#Cc1ccc(C=O)nc1. The Morgan fingerprint density at radius 2 is 0.896 bits per heavy atom. The fraction of sp³-hybridized carbons (Fsp3) is 0.476. The molecular formula is C42H52N2O4. The van der Waals surface area contributed by atoms with Crippen LogP contribution in [0, 0.1) is 23.7 Å². The number of benzene rings is 1. The Morgan fingerprint density at radius 3 is 1.23 bits per heavy atom. The van der Waals surface area contributed by atoms with Crippen LogP contribution in [0.4, 0.5) is 0 Å². The summed E-state index contributed by atoms with van der Waals surface area (Å²) in [5, 5.41) is 0. The molecule has 48 heavy (non-hydrogen) atoms. The molecule has 254 valence electrons. The highest BCUT2D eigenvalue weighted by molar-refractivity contribution is 5.72. The Morgan fingerprint density at radius 1 is 0.521 bits per heavy atom. The molecule has 0 unspecified atom stereocenters. The smallest absolute Gasteiger partial charge is 0.168 e. The predicted molar refractivity (Wildman–Crippen MR) is 194 cm³/mol. The van der Waals surface area contributed by atoms with Gasteiger partial charge in [-0.15, -0.1) is 0 Å². The van der Waals surface area contributed by atoms with Gasteiger partial charge in [0, 0.05) is 35.7 Å². The number of ether oxygens (including phenoxy) is 2. The lowest BCUT2D eigenvalue weighted by Gasteiger charge is -2.14. The average Bonchev–Trinajstić information content (AvgIpc) is 3.12. The molecular weight excluding hydrogens is 596 g/mol. The summed E-state index contributed by atoms with van der Waals surface area (Å²) in [4.78, 5) is 30.4. The summed E-state index contributed by atoms with van der Waals surface area (Å²) < 4.78 is 12.7. The molecule has 6 heteroatoms. The molecule has 0 atom stereocenters. The van der Waals surface area contributed by atoms with Gasteiger partial charge in [-0.1, -0.05) is 127 Å². The molecule has 2 aromatic heterocycles. The van der Waals surface area contributed by atoms with Crippen molar-refractivity contribution in [2.45, 2.75) is 117 Å². The minimum absolute atomic E-state index is 0.366. The standard InChI is InChI=1S/C42H52N2O4/c1-3-5-7-9-11-13-15-17-27-47-41-29-38(24-20-36-22-26-40(34-46)44-32-36)42(48-28-18-16-14-12-10-8-6-4-2)30-37(41)23-19-35-21-25-39(33-45)43-31-35/h21-22,25-26,29-34H,3-18,27-28H2,1-2H3. The number of unbranched alkanes of at least 4 members (excludes halogenated alkanes) is 14. The first-order chi connectivity index (χ1) is 23.7. The largest absolute Gasteiger partial charge is 0.492 e. The zero-order valence-corrected chi connectivity index (χ0v) is 29.0. The highest BCUT2D eigenvalue weighted by Crippen LogP contribution is 2.29. The summed E-state index contributed by atoms with van der Waals surface area (Å²) in [6, 6.07) is 10.7. The maximum Gasteiger partial charge on any atom is 0.168 e. The maximum atomic E-state index is 11.0. The number of hydrogen-bond acceptors (Lipinski definition) is 6. The van der Waals surface area contributed by atoms with Gasteiger partial charge >= 0.3 is 0 Å². The lowest BCUT2D eigenvalue weighted by atomic mass is 10.1. The van der Waals surface area contributed by atoms with Crippen LogP contribution in [0.2, 0.25) is 0 Å². The number of rotatable bonds is 22. The number of carbonyl (C=O) groups excluding carboxylic acids is 2. The second-order valence-corrected chi connectivity index (χ2v) is 12.2.